The SMILES string of the molecule is CN(C)c1ccc2c(-c3ccc(C(=O)NCCCCCN4CCN(Cc5ccc6c(c5)CN(C(=O)c5c(O)cc(O)cc5OCc5ccccc5)C6)CC4)cc3C(=O)O)c3ccc(=[N+](C)C)cc-3oc2c1. The number of nitrogens with one attached hydrogen (secondary N) is 1. The summed E-state index contributed by atoms with van der Waals surface area (Å²) < 4.78 is 14.4. The van der Waals surface area contributed by atoms with Crippen molar-refractivity contribution in [3.63, 3.8) is 0 Å². The third-order valence-corrected chi connectivity index (χ3v) is 13.6. The number of phenolic OH excluding ortho intramolecular Hbond substituents is 2. The van der Waals surface area contributed by atoms with Gasteiger partial charge in [0.15, 0.2) is 0 Å². The molecule has 2 amide bonds. The first-order valence-electron chi connectivity index (χ1n) is 24.2. The summed E-state index contributed by atoms with van der Waals surface area (Å²) in [5.41, 5.74) is 8.23. The van der Waals surface area contributed by atoms with Crippen LogP contribution in [0, 0.1) is 0 Å². The van der Waals surface area contributed by atoms with Crippen LogP contribution in [-0.2, 0) is 26.2 Å². The highest BCUT2D eigenvalue weighted by molar-refractivity contribution is 6.09. The first kappa shape index (κ1) is 48.3. The molecule has 0 saturated carbocycles. The monoisotopic (exact) mass is 957 g/mol. The summed E-state index contributed by atoms with van der Waals surface area (Å²) in [5.74, 6) is -1.52. The van der Waals surface area contributed by atoms with Gasteiger partial charge in [-0.05, 0) is 77.5 Å². The highest BCUT2D eigenvalue weighted by Crippen LogP contribution is 2.42. The van der Waals surface area contributed by atoms with E-state index < -0.39 is 5.97 Å². The largest absolute Gasteiger partial charge is 0.508 e. The number of fused-ring (bicyclic) bond motifs is 3. The van der Waals surface area contributed by atoms with Crippen LogP contribution in [0.4, 0.5) is 5.69 Å². The molecule has 0 spiro atoms. The molecule has 0 atom stereocenters. The standard InChI is InChI=1S/C57H60N6O8/c1-59(2)42-16-19-46-50(29-42)71-51-30-43(60(3)4)17-20-47(51)53(46)45-18-15-39(28-48(45)57(68)69)55(66)58-21-9-6-10-22-61-23-25-62(26-24-61)33-38-13-14-40-34-63(35-41(40)27-38)56(67)54-49(65)31-44(64)32-52(54)70-36-37-11-7-5-8-12-37/h5,7-8,11-20,27-32H,6,9-10,21-26,33-36H2,1-4H3,(H3-,58,64,65,66,67,68,69)/p+1. The van der Waals surface area contributed by atoms with Crippen LogP contribution in [0.2, 0.25) is 0 Å². The fourth-order valence-electron chi connectivity index (χ4n) is 9.66. The number of unbranched alkanes of at least 4 members (excludes halogenated alkanes) is 2. The summed E-state index contributed by atoms with van der Waals surface area (Å²) in [6.45, 7) is 7.12. The van der Waals surface area contributed by atoms with E-state index in [1.54, 1.807) is 17.0 Å². The van der Waals surface area contributed by atoms with E-state index in [0.717, 1.165) is 103 Å². The normalized spacial score (nSPS) is 13.9. The number of carbonyl (C=O) groups excluding carboxylic acids is 2. The number of hydrogen-bond acceptors (Lipinski definition) is 10. The quantitative estimate of drug-likeness (QED) is 0.0424. The average molecular weight is 958 g/mol. The van der Waals surface area contributed by atoms with Gasteiger partial charge in [0.05, 0.1) is 11.6 Å². The predicted octanol–water partition coefficient (Wildman–Crippen LogP) is 7.86. The molecule has 1 fully saturated rings. The van der Waals surface area contributed by atoms with Crippen molar-refractivity contribution in [2.45, 2.75) is 45.5 Å². The second-order valence-corrected chi connectivity index (χ2v) is 19.0. The minimum Gasteiger partial charge on any atom is -0.508 e. The number of phenols is 2. The number of carboxylic acids is 1. The zero-order valence-corrected chi connectivity index (χ0v) is 40.8. The van der Waals surface area contributed by atoms with E-state index in [4.69, 9.17) is 9.15 Å². The van der Waals surface area contributed by atoms with Crippen LogP contribution < -0.4 is 24.9 Å². The van der Waals surface area contributed by atoms with E-state index in [-0.39, 0.29) is 46.8 Å². The Bertz CT molecular complexity index is 3160. The molecule has 5 aromatic rings. The van der Waals surface area contributed by atoms with Crippen LogP contribution in [0.5, 0.6) is 17.2 Å². The van der Waals surface area contributed by atoms with E-state index in [1.165, 1.54) is 23.8 Å². The molecule has 5 aromatic carbocycles. The maximum Gasteiger partial charge on any atom is 0.336 e. The zero-order chi connectivity index (χ0) is 49.8. The van der Waals surface area contributed by atoms with Gasteiger partial charge >= 0.3 is 5.97 Å². The highest BCUT2D eigenvalue weighted by Gasteiger charge is 2.30. The van der Waals surface area contributed by atoms with Gasteiger partial charge in [-0.2, -0.15) is 0 Å². The first-order chi connectivity index (χ1) is 34.3. The number of anilines is 1. The fraction of sp³-hybridized carbons (Fsp3) is 0.298. The Morgan fingerprint density at radius 2 is 1.52 bits per heavy atom. The molecule has 4 N–H and O–H groups in total. The molecule has 4 aliphatic rings. The second kappa shape index (κ2) is 21.1. The number of benzene rings is 6. The van der Waals surface area contributed by atoms with Crippen LogP contribution in [0.1, 0.15) is 72.6 Å². The van der Waals surface area contributed by atoms with E-state index in [1.807, 2.05) is 104 Å². The van der Waals surface area contributed by atoms with Gasteiger partial charge in [0.2, 0.25) is 5.36 Å². The van der Waals surface area contributed by atoms with Gasteiger partial charge in [-0.25, -0.2) is 9.37 Å². The summed E-state index contributed by atoms with van der Waals surface area (Å²) in [6.07, 6.45) is 2.77. The lowest BCUT2D eigenvalue weighted by Gasteiger charge is -2.34. The Hall–Kier alpha value is -7.68. The summed E-state index contributed by atoms with van der Waals surface area (Å²) >= 11 is 0. The van der Waals surface area contributed by atoms with Crippen LogP contribution in [0.25, 0.3) is 33.4 Å². The maximum absolute atomic E-state index is 13.8. The van der Waals surface area contributed by atoms with Crippen molar-refractivity contribution in [2.75, 3.05) is 72.4 Å². The van der Waals surface area contributed by atoms with Crippen molar-refractivity contribution in [2.24, 2.45) is 0 Å². The van der Waals surface area contributed by atoms with Gasteiger partial charge in [-0.15, -0.1) is 0 Å². The Balaban J connectivity index is 0.740. The Labute approximate surface area is 413 Å². The number of aromatic hydroxyl groups is 2. The van der Waals surface area contributed by atoms with Gasteiger partial charge in [-0.1, -0.05) is 61.0 Å². The lowest BCUT2D eigenvalue weighted by Crippen LogP contribution is -2.46. The molecule has 14 nitrogen and oxygen atoms in total. The summed E-state index contributed by atoms with van der Waals surface area (Å²) in [4.78, 5) is 48.7. The van der Waals surface area contributed by atoms with Crippen LogP contribution in [0.15, 0.2) is 120 Å². The van der Waals surface area contributed by atoms with Crippen molar-refractivity contribution < 1.29 is 38.9 Å². The fourth-order valence-corrected chi connectivity index (χ4v) is 9.66. The molecule has 71 heavy (non-hydrogen) atoms. The lowest BCUT2D eigenvalue weighted by atomic mass is 9.89. The first-order valence-corrected chi connectivity index (χ1v) is 24.2. The number of nitrogens with zero attached hydrogens (tertiary/aromatic N) is 5. The molecule has 3 heterocycles. The van der Waals surface area contributed by atoms with Crippen LogP contribution in [0.3, 0.4) is 0 Å². The molecule has 0 unspecified atom stereocenters. The Morgan fingerprint density at radius 3 is 2.28 bits per heavy atom. The molecule has 14 heteroatoms. The molecule has 9 rings (SSSR count). The molecule has 0 radical (unpaired) electrons. The molecule has 0 bridgehead atoms. The van der Waals surface area contributed by atoms with Crippen molar-refractivity contribution in [1.29, 1.82) is 0 Å². The van der Waals surface area contributed by atoms with Gasteiger partial charge < -0.3 is 44.5 Å². The van der Waals surface area contributed by atoms with Gasteiger partial charge in [0.25, 0.3) is 11.8 Å². The number of aromatic carboxylic acids is 1. The van der Waals surface area contributed by atoms with E-state index in [2.05, 4.69) is 33.3 Å². The minimum absolute atomic E-state index is 0.0366. The molecule has 3 aliphatic heterocycles. The predicted molar refractivity (Wildman–Crippen MR) is 275 cm³/mol. The molecule has 366 valence electrons. The van der Waals surface area contributed by atoms with Crippen LogP contribution >= 0.6 is 0 Å². The topological polar surface area (TPSA) is 162 Å². The Kier molecular flexibility index (Phi) is 14.4. The van der Waals surface area contributed by atoms with Crippen molar-refractivity contribution in [3.8, 4) is 39.7 Å². The van der Waals surface area contributed by atoms with Gasteiger partial charge in [-0.3, -0.25) is 14.5 Å². The zero-order valence-electron chi connectivity index (χ0n) is 40.8. The van der Waals surface area contributed by atoms with Gasteiger partial charge in [0.1, 0.15) is 54.9 Å². The molecule has 0 aromatic heterocycles. The second-order valence-electron chi connectivity index (χ2n) is 19.0. The van der Waals surface area contributed by atoms with E-state index >= 15 is 0 Å². The minimum atomic E-state index is -1.12. The van der Waals surface area contributed by atoms with Gasteiger partial charge in [0, 0.05) is 118 Å². The number of rotatable bonds is 16. The van der Waals surface area contributed by atoms with Crippen molar-refractivity contribution in [3.05, 3.63) is 160 Å². The molecular weight excluding hydrogens is 897 g/mol. The number of piperazine rings is 1. The molecular formula is C57H61N6O8+. The van der Waals surface area contributed by atoms with E-state index in [0.29, 0.717) is 42.1 Å². The van der Waals surface area contributed by atoms with E-state index in [9.17, 15) is 29.7 Å². The number of carbonyl (C=O) groups is 3. The summed E-state index contributed by atoms with van der Waals surface area (Å²) in [7, 11) is 7.83. The van der Waals surface area contributed by atoms with Crippen LogP contribution in [-0.4, -0.2) is 115 Å². The third-order valence-electron chi connectivity index (χ3n) is 13.6. The lowest BCUT2D eigenvalue weighted by molar-refractivity contribution is 0.0696. The maximum atomic E-state index is 13.8. The highest BCUT2D eigenvalue weighted by atomic mass is 16.5. The summed E-state index contributed by atoms with van der Waals surface area (Å²) in [6, 6.07) is 35.2. The van der Waals surface area contributed by atoms with Crippen molar-refractivity contribution >= 4 is 34.4 Å². The smallest absolute Gasteiger partial charge is 0.336 e. The number of hydrogen-bond donors (Lipinski definition) is 4. The Morgan fingerprint density at radius 1 is 0.761 bits per heavy atom. The third kappa shape index (κ3) is 10.9. The number of ether oxygens (including phenoxy) is 1. The van der Waals surface area contributed by atoms with Crippen molar-refractivity contribution in [1.82, 2.24) is 24.6 Å². The number of amides is 2. The number of carboxylic acid groups (broad SMARTS) is 1. The average Bonchev–Trinajstić information content (AvgIpc) is 3.79. The summed E-state index contributed by atoms with van der Waals surface area (Å²) in [5, 5.41) is 36.2. The molecule has 1 saturated heterocycles. The molecule has 1 aliphatic carbocycles.